The maximum atomic E-state index is 11.2. The number of carbonyl (C=O) groups is 1. The van der Waals surface area contributed by atoms with E-state index in [0.29, 0.717) is 18.3 Å². The summed E-state index contributed by atoms with van der Waals surface area (Å²) in [4.78, 5) is 11.2. The molecule has 2 rings (SSSR count). The summed E-state index contributed by atoms with van der Waals surface area (Å²) in [5, 5.41) is 21.0. The van der Waals surface area contributed by atoms with Gasteiger partial charge in [-0.05, 0) is 44.1 Å². The first-order valence-corrected chi connectivity index (χ1v) is 6.07. The molecular formula is C12H18N2O2. The Morgan fingerprint density at radius 2 is 2.19 bits per heavy atom. The summed E-state index contributed by atoms with van der Waals surface area (Å²) in [6, 6.07) is 2.25. The smallest absolute Gasteiger partial charge is 0.308 e. The van der Waals surface area contributed by atoms with Gasteiger partial charge in [-0.25, -0.2) is 0 Å². The molecule has 0 aliphatic heterocycles. The second kappa shape index (κ2) is 4.84. The first-order valence-electron chi connectivity index (χ1n) is 6.07. The molecule has 4 nitrogen and oxygen atoms in total. The molecule has 0 aromatic rings. The van der Waals surface area contributed by atoms with Crippen LogP contribution in [0.15, 0.2) is 0 Å². The van der Waals surface area contributed by atoms with Crippen molar-refractivity contribution in [3.8, 4) is 6.07 Å². The van der Waals surface area contributed by atoms with Crippen molar-refractivity contribution >= 4 is 5.97 Å². The summed E-state index contributed by atoms with van der Waals surface area (Å²) in [6.45, 7) is 0.769. The number of nitrogens with zero attached hydrogens (tertiary/aromatic N) is 1. The van der Waals surface area contributed by atoms with E-state index in [2.05, 4.69) is 11.4 Å². The van der Waals surface area contributed by atoms with Gasteiger partial charge in [-0.1, -0.05) is 0 Å². The van der Waals surface area contributed by atoms with Crippen molar-refractivity contribution in [2.24, 2.45) is 17.8 Å². The molecular weight excluding hydrogens is 204 g/mol. The topological polar surface area (TPSA) is 73.1 Å². The molecule has 0 heterocycles. The third-order valence-electron chi connectivity index (χ3n) is 4.05. The minimum absolute atomic E-state index is 0.148. The monoisotopic (exact) mass is 222 g/mol. The number of rotatable bonds is 5. The molecule has 0 aromatic heterocycles. The van der Waals surface area contributed by atoms with Crippen molar-refractivity contribution in [3.63, 3.8) is 0 Å². The van der Waals surface area contributed by atoms with Crippen molar-refractivity contribution in [1.82, 2.24) is 5.32 Å². The van der Waals surface area contributed by atoms with E-state index < -0.39 is 5.97 Å². The van der Waals surface area contributed by atoms with Crippen molar-refractivity contribution in [2.75, 3.05) is 6.54 Å². The highest BCUT2D eigenvalue weighted by Gasteiger charge is 2.50. The van der Waals surface area contributed by atoms with Gasteiger partial charge in [0, 0.05) is 12.5 Å². The maximum absolute atomic E-state index is 11.2. The van der Waals surface area contributed by atoms with Crippen molar-refractivity contribution in [1.29, 1.82) is 5.26 Å². The second-order valence-electron chi connectivity index (χ2n) is 4.94. The first-order chi connectivity index (χ1) is 7.74. The Labute approximate surface area is 95.6 Å². The van der Waals surface area contributed by atoms with Crippen LogP contribution in [0, 0.1) is 29.1 Å². The van der Waals surface area contributed by atoms with Crippen LogP contribution < -0.4 is 5.32 Å². The minimum Gasteiger partial charge on any atom is -0.481 e. The Morgan fingerprint density at radius 1 is 1.44 bits per heavy atom. The van der Waals surface area contributed by atoms with Crippen LogP contribution in [-0.2, 0) is 4.79 Å². The lowest BCUT2D eigenvalue weighted by atomic mass is 9.84. The average molecular weight is 222 g/mol. The Bertz CT molecular complexity index is 311. The van der Waals surface area contributed by atoms with Gasteiger partial charge in [0.15, 0.2) is 0 Å². The van der Waals surface area contributed by atoms with Gasteiger partial charge in [0.05, 0.1) is 12.0 Å². The van der Waals surface area contributed by atoms with E-state index in [-0.39, 0.29) is 12.0 Å². The molecule has 88 valence electrons. The Balaban J connectivity index is 1.87. The van der Waals surface area contributed by atoms with Crippen LogP contribution in [0.4, 0.5) is 0 Å². The lowest BCUT2D eigenvalue weighted by Crippen LogP contribution is -2.44. The molecule has 2 bridgehead atoms. The summed E-state index contributed by atoms with van der Waals surface area (Å²) < 4.78 is 0. The van der Waals surface area contributed by atoms with Gasteiger partial charge in [-0.15, -0.1) is 0 Å². The van der Waals surface area contributed by atoms with Gasteiger partial charge in [-0.2, -0.15) is 5.26 Å². The predicted octanol–water partition coefficient (Wildman–Crippen LogP) is 1.38. The summed E-state index contributed by atoms with van der Waals surface area (Å²) in [6.07, 6.45) is 4.69. The quantitative estimate of drug-likeness (QED) is 0.689. The molecule has 0 aromatic carbocycles. The lowest BCUT2D eigenvalue weighted by molar-refractivity contribution is -0.144. The summed E-state index contributed by atoms with van der Waals surface area (Å²) in [7, 11) is 0. The molecule has 2 fully saturated rings. The number of nitriles is 1. The number of fused-ring (bicyclic) bond motifs is 2. The molecule has 4 unspecified atom stereocenters. The van der Waals surface area contributed by atoms with Gasteiger partial charge >= 0.3 is 5.97 Å². The molecule has 0 radical (unpaired) electrons. The Hall–Kier alpha value is -1.08. The largest absolute Gasteiger partial charge is 0.481 e. The third kappa shape index (κ3) is 2.05. The fourth-order valence-corrected chi connectivity index (χ4v) is 3.38. The van der Waals surface area contributed by atoms with Crippen molar-refractivity contribution < 1.29 is 9.90 Å². The Morgan fingerprint density at radius 3 is 2.88 bits per heavy atom. The van der Waals surface area contributed by atoms with Crippen LogP contribution in [0.3, 0.4) is 0 Å². The van der Waals surface area contributed by atoms with Gasteiger partial charge in [0.25, 0.3) is 0 Å². The normalized spacial score (nSPS) is 36.2. The van der Waals surface area contributed by atoms with Gasteiger partial charge in [0.2, 0.25) is 0 Å². The van der Waals surface area contributed by atoms with Crippen LogP contribution in [0.5, 0.6) is 0 Å². The van der Waals surface area contributed by atoms with Crippen LogP contribution in [-0.4, -0.2) is 23.7 Å². The van der Waals surface area contributed by atoms with E-state index in [1.807, 2.05) is 0 Å². The molecule has 4 atom stereocenters. The van der Waals surface area contributed by atoms with Crippen molar-refractivity contribution in [3.05, 3.63) is 0 Å². The van der Waals surface area contributed by atoms with E-state index in [1.165, 1.54) is 6.42 Å². The Kier molecular flexibility index (Phi) is 3.45. The number of carboxylic acid groups (broad SMARTS) is 1. The van der Waals surface area contributed by atoms with Crippen LogP contribution in [0.1, 0.15) is 32.1 Å². The predicted molar refractivity (Wildman–Crippen MR) is 58.6 cm³/mol. The van der Waals surface area contributed by atoms with E-state index >= 15 is 0 Å². The zero-order valence-electron chi connectivity index (χ0n) is 9.35. The molecule has 2 aliphatic carbocycles. The molecule has 2 saturated carbocycles. The van der Waals surface area contributed by atoms with E-state index in [0.717, 1.165) is 25.8 Å². The van der Waals surface area contributed by atoms with Crippen LogP contribution in [0.25, 0.3) is 0 Å². The molecule has 2 aliphatic rings. The highest BCUT2D eigenvalue weighted by atomic mass is 16.4. The second-order valence-corrected chi connectivity index (χ2v) is 4.94. The molecule has 4 heteroatoms. The van der Waals surface area contributed by atoms with Gasteiger partial charge in [-0.3, -0.25) is 4.79 Å². The maximum Gasteiger partial charge on any atom is 0.308 e. The summed E-state index contributed by atoms with van der Waals surface area (Å²) in [5.41, 5.74) is 0. The lowest BCUT2D eigenvalue weighted by Gasteiger charge is -2.28. The van der Waals surface area contributed by atoms with Gasteiger partial charge in [0.1, 0.15) is 0 Å². The SMILES string of the molecule is N#CCCCNC1C2CCC(C2)C1C(=O)O. The standard InChI is InChI=1S/C12H18N2O2/c13-5-1-2-6-14-11-9-4-3-8(7-9)10(11)12(15)16/h8-11,14H,1-4,6-7H2,(H,15,16). The average Bonchev–Trinajstić information content (AvgIpc) is 2.83. The number of hydrogen-bond acceptors (Lipinski definition) is 3. The van der Waals surface area contributed by atoms with E-state index in [1.54, 1.807) is 0 Å². The number of nitrogens with one attached hydrogen (secondary N) is 1. The molecule has 2 N–H and O–H groups in total. The molecule has 0 saturated heterocycles. The molecule has 16 heavy (non-hydrogen) atoms. The van der Waals surface area contributed by atoms with Gasteiger partial charge < -0.3 is 10.4 Å². The van der Waals surface area contributed by atoms with Crippen LogP contribution >= 0.6 is 0 Å². The number of aliphatic carboxylic acids is 1. The van der Waals surface area contributed by atoms with E-state index in [9.17, 15) is 9.90 Å². The highest BCUT2D eigenvalue weighted by molar-refractivity contribution is 5.72. The number of hydrogen-bond donors (Lipinski definition) is 2. The summed E-state index contributed by atoms with van der Waals surface area (Å²) in [5.74, 6) is 0.0926. The third-order valence-corrected chi connectivity index (χ3v) is 4.05. The zero-order valence-corrected chi connectivity index (χ0v) is 9.35. The van der Waals surface area contributed by atoms with Crippen molar-refractivity contribution in [2.45, 2.75) is 38.1 Å². The number of carboxylic acids is 1. The fourth-order valence-electron chi connectivity index (χ4n) is 3.38. The molecule has 0 amide bonds. The van der Waals surface area contributed by atoms with Crippen LogP contribution in [0.2, 0.25) is 0 Å². The molecule has 0 spiro atoms. The first kappa shape index (κ1) is 11.4. The van der Waals surface area contributed by atoms with E-state index in [4.69, 9.17) is 5.26 Å². The number of unbranched alkanes of at least 4 members (excludes halogenated alkanes) is 1. The summed E-state index contributed by atoms with van der Waals surface area (Å²) >= 11 is 0. The zero-order chi connectivity index (χ0) is 11.5. The minimum atomic E-state index is -0.648. The highest BCUT2D eigenvalue weighted by Crippen LogP contribution is 2.48. The fraction of sp³-hybridized carbons (Fsp3) is 0.833.